The zero-order chi connectivity index (χ0) is 14.8. The Kier molecular flexibility index (Phi) is 4.22. The summed E-state index contributed by atoms with van der Waals surface area (Å²) < 4.78 is 0.843. The van der Waals surface area contributed by atoms with Crippen LogP contribution in [0.2, 0.25) is 5.02 Å². The quantitative estimate of drug-likeness (QED) is 0.542. The van der Waals surface area contributed by atoms with Crippen LogP contribution in [0.4, 0.5) is 0 Å². The van der Waals surface area contributed by atoms with Crippen molar-refractivity contribution in [1.82, 2.24) is 10.4 Å². The van der Waals surface area contributed by atoms with E-state index in [0.717, 1.165) is 26.5 Å². The molecule has 3 aromatic rings. The first kappa shape index (κ1) is 14.5. The summed E-state index contributed by atoms with van der Waals surface area (Å²) in [5.41, 5.74) is 5.83. The molecule has 0 aliphatic heterocycles. The second-order valence-electron chi connectivity index (χ2n) is 4.73. The Balaban J connectivity index is 2.06. The molecule has 1 atom stereocenters. The van der Waals surface area contributed by atoms with Crippen LogP contribution >= 0.6 is 27.5 Å². The number of para-hydroxylation sites is 1. The number of nitrogens with zero attached hydrogens (tertiary/aromatic N) is 1. The third kappa shape index (κ3) is 2.94. The average molecular weight is 363 g/mol. The minimum Gasteiger partial charge on any atom is -0.271 e. The summed E-state index contributed by atoms with van der Waals surface area (Å²) in [6.45, 7) is 0. The number of fused-ring (bicyclic) bond motifs is 1. The van der Waals surface area contributed by atoms with Crippen LogP contribution in [-0.2, 0) is 0 Å². The zero-order valence-corrected chi connectivity index (χ0v) is 13.4. The van der Waals surface area contributed by atoms with Crippen molar-refractivity contribution in [2.45, 2.75) is 6.04 Å². The Morgan fingerprint density at radius 1 is 1.10 bits per heavy atom. The number of hydrogen-bond acceptors (Lipinski definition) is 3. The summed E-state index contributed by atoms with van der Waals surface area (Å²) >= 11 is 9.48. The maximum Gasteiger partial charge on any atom is 0.0725 e. The standard InChI is InChI=1S/C16H13BrClN3/c17-13-8-11(5-6-14(13)18)16(21-19)12-7-10-3-1-2-4-15(10)20-9-12/h1-9,16,21H,19H2. The van der Waals surface area contributed by atoms with E-state index in [9.17, 15) is 0 Å². The van der Waals surface area contributed by atoms with E-state index in [2.05, 4.69) is 32.4 Å². The molecule has 1 unspecified atom stereocenters. The molecule has 0 aliphatic rings. The van der Waals surface area contributed by atoms with Gasteiger partial charge >= 0.3 is 0 Å². The molecule has 2 aromatic carbocycles. The first-order chi connectivity index (χ1) is 10.2. The molecule has 21 heavy (non-hydrogen) atoms. The van der Waals surface area contributed by atoms with Gasteiger partial charge in [-0.05, 0) is 51.3 Å². The topological polar surface area (TPSA) is 50.9 Å². The third-order valence-corrected chi connectivity index (χ3v) is 4.60. The molecule has 0 radical (unpaired) electrons. The van der Waals surface area contributed by atoms with Crippen molar-refractivity contribution in [3.63, 3.8) is 0 Å². The lowest BCUT2D eigenvalue weighted by Crippen LogP contribution is -2.28. The van der Waals surface area contributed by atoms with Crippen LogP contribution in [-0.4, -0.2) is 4.98 Å². The minimum atomic E-state index is -0.143. The predicted molar refractivity (Wildman–Crippen MR) is 90.1 cm³/mol. The summed E-state index contributed by atoms with van der Waals surface area (Å²) in [6, 6.07) is 15.7. The van der Waals surface area contributed by atoms with Crippen molar-refractivity contribution in [2.24, 2.45) is 5.84 Å². The number of hydrazine groups is 1. The van der Waals surface area contributed by atoms with Gasteiger partial charge in [-0.15, -0.1) is 0 Å². The van der Waals surface area contributed by atoms with Crippen LogP contribution in [0.3, 0.4) is 0 Å². The van der Waals surface area contributed by atoms with E-state index in [1.165, 1.54) is 0 Å². The Morgan fingerprint density at radius 3 is 2.67 bits per heavy atom. The number of nitrogens with one attached hydrogen (secondary N) is 1. The number of pyridine rings is 1. The van der Waals surface area contributed by atoms with Gasteiger partial charge in [-0.3, -0.25) is 10.8 Å². The third-order valence-electron chi connectivity index (χ3n) is 3.39. The van der Waals surface area contributed by atoms with Gasteiger partial charge in [0, 0.05) is 16.1 Å². The predicted octanol–water partition coefficient (Wildman–Crippen LogP) is 4.20. The summed E-state index contributed by atoms with van der Waals surface area (Å²) in [6.07, 6.45) is 1.84. The molecule has 5 heteroatoms. The van der Waals surface area contributed by atoms with E-state index < -0.39 is 0 Å². The lowest BCUT2D eigenvalue weighted by molar-refractivity contribution is 0.635. The Hall–Kier alpha value is -1.46. The van der Waals surface area contributed by atoms with Gasteiger partial charge in [0.15, 0.2) is 0 Å². The van der Waals surface area contributed by atoms with Crippen LogP contribution in [0.15, 0.2) is 59.2 Å². The molecule has 3 nitrogen and oxygen atoms in total. The van der Waals surface area contributed by atoms with Crippen molar-refractivity contribution >= 4 is 38.4 Å². The van der Waals surface area contributed by atoms with Gasteiger partial charge in [0.1, 0.15) is 0 Å². The van der Waals surface area contributed by atoms with Crippen molar-refractivity contribution in [1.29, 1.82) is 0 Å². The minimum absolute atomic E-state index is 0.143. The molecule has 0 amide bonds. The number of aromatic nitrogens is 1. The van der Waals surface area contributed by atoms with Crippen LogP contribution in [0.5, 0.6) is 0 Å². The van der Waals surface area contributed by atoms with Crippen molar-refractivity contribution in [3.8, 4) is 0 Å². The molecule has 106 valence electrons. The van der Waals surface area contributed by atoms with Gasteiger partial charge in [0.2, 0.25) is 0 Å². The lowest BCUT2D eigenvalue weighted by atomic mass is 9.99. The second kappa shape index (κ2) is 6.12. The smallest absolute Gasteiger partial charge is 0.0725 e. The summed E-state index contributed by atoms with van der Waals surface area (Å²) in [4.78, 5) is 4.48. The number of benzene rings is 2. The normalized spacial score (nSPS) is 12.5. The Labute approximate surface area is 136 Å². The summed E-state index contributed by atoms with van der Waals surface area (Å²) in [5, 5.41) is 1.76. The van der Waals surface area contributed by atoms with E-state index in [1.807, 2.05) is 48.7 Å². The molecule has 3 rings (SSSR count). The maximum atomic E-state index is 6.04. The Bertz CT molecular complexity index is 791. The molecular weight excluding hydrogens is 350 g/mol. The largest absolute Gasteiger partial charge is 0.271 e. The van der Waals surface area contributed by atoms with Crippen molar-refractivity contribution < 1.29 is 0 Å². The fourth-order valence-electron chi connectivity index (χ4n) is 2.32. The molecular formula is C16H13BrClN3. The van der Waals surface area contributed by atoms with Gasteiger partial charge < -0.3 is 0 Å². The van der Waals surface area contributed by atoms with E-state index >= 15 is 0 Å². The highest BCUT2D eigenvalue weighted by atomic mass is 79.9. The van der Waals surface area contributed by atoms with Gasteiger partial charge in [0.05, 0.1) is 16.6 Å². The number of nitrogens with two attached hydrogens (primary N) is 1. The first-order valence-corrected chi connectivity index (χ1v) is 7.62. The maximum absolute atomic E-state index is 6.04. The molecule has 0 spiro atoms. The highest BCUT2D eigenvalue weighted by Crippen LogP contribution is 2.29. The Morgan fingerprint density at radius 2 is 1.90 bits per heavy atom. The zero-order valence-electron chi connectivity index (χ0n) is 11.1. The summed E-state index contributed by atoms with van der Waals surface area (Å²) in [7, 11) is 0. The molecule has 0 saturated carbocycles. The van der Waals surface area contributed by atoms with E-state index in [4.69, 9.17) is 17.4 Å². The highest BCUT2D eigenvalue weighted by molar-refractivity contribution is 9.10. The fraction of sp³-hybridized carbons (Fsp3) is 0.0625. The van der Waals surface area contributed by atoms with Crippen LogP contribution in [0.25, 0.3) is 10.9 Å². The van der Waals surface area contributed by atoms with Crippen molar-refractivity contribution in [3.05, 3.63) is 75.4 Å². The van der Waals surface area contributed by atoms with Gasteiger partial charge in [0.25, 0.3) is 0 Å². The van der Waals surface area contributed by atoms with Crippen LogP contribution < -0.4 is 11.3 Å². The van der Waals surface area contributed by atoms with E-state index in [-0.39, 0.29) is 6.04 Å². The SMILES string of the molecule is NNC(c1ccc(Cl)c(Br)c1)c1cnc2ccccc2c1. The van der Waals surface area contributed by atoms with Crippen LogP contribution in [0, 0.1) is 0 Å². The number of rotatable bonds is 3. The van der Waals surface area contributed by atoms with Crippen LogP contribution in [0.1, 0.15) is 17.2 Å². The monoisotopic (exact) mass is 361 g/mol. The first-order valence-electron chi connectivity index (χ1n) is 6.45. The molecule has 0 fully saturated rings. The lowest BCUT2D eigenvalue weighted by Gasteiger charge is -2.17. The number of halogens is 2. The van der Waals surface area contributed by atoms with Gasteiger partial charge in [-0.1, -0.05) is 35.9 Å². The molecule has 0 bridgehead atoms. The second-order valence-corrected chi connectivity index (χ2v) is 6.00. The molecule has 0 saturated heterocycles. The summed E-state index contributed by atoms with van der Waals surface area (Å²) in [5.74, 6) is 5.74. The molecule has 1 heterocycles. The molecule has 0 aliphatic carbocycles. The number of hydrogen-bond donors (Lipinski definition) is 2. The van der Waals surface area contributed by atoms with Gasteiger partial charge in [-0.25, -0.2) is 5.43 Å². The molecule has 1 aromatic heterocycles. The van der Waals surface area contributed by atoms with E-state index in [0.29, 0.717) is 5.02 Å². The average Bonchev–Trinajstić information content (AvgIpc) is 2.51. The molecule has 3 N–H and O–H groups in total. The fourth-order valence-corrected chi connectivity index (χ4v) is 2.84. The van der Waals surface area contributed by atoms with Gasteiger partial charge in [-0.2, -0.15) is 0 Å². The highest BCUT2D eigenvalue weighted by Gasteiger charge is 2.14. The van der Waals surface area contributed by atoms with Crippen molar-refractivity contribution in [2.75, 3.05) is 0 Å². The van der Waals surface area contributed by atoms with E-state index in [1.54, 1.807) is 0 Å².